The molecule has 1 unspecified atom stereocenters. The number of aromatic amines is 1. The maximum atomic E-state index is 12.3. The first-order valence-corrected chi connectivity index (χ1v) is 6.98. The largest absolute Gasteiger partial charge is 0.266 e. The van der Waals surface area contributed by atoms with E-state index in [0.29, 0.717) is 12.5 Å². The summed E-state index contributed by atoms with van der Waals surface area (Å²) in [6.07, 6.45) is 3.36. The van der Waals surface area contributed by atoms with Gasteiger partial charge in [-0.05, 0) is 24.8 Å². The number of aromatic nitrogens is 2. The third-order valence-corrected chi connectivity index (χ3v) is 4.93. The van der Waals surface area contributed by atoms with Crippen molar-refractivity contribution in [2.75, 3.05) is 6.54 Å². The van der Waals surface area contributed by atoms with Gasteiger partial charge in [0.25, 0.3) is 10.0 Å². The average Bonchev–Trinajstić information content (AvgIpc) is 2.89. The van der Waals surface area contributed by atoms with E-state index in [1.807, 2.05) is 0 Å². The maximum Gasteiger partial charge on any atom is 0.260 e. The zero-order chi connectivity index (χ0) is 11.8. The van der Waals surface area contributed by atoms with Crippen molar-refractivity contribution in [2.24, 2.45) is 5.92 Å². The van der Waals surface area contributed by atoms with Gasteiger partial charge in [-0.3, -0.25) is 5.10 Å². The molecule has 1 N–H and O–H groups in total. The lowest BCUT2D eigenvalue weighted by Gasteiger charge is -2.26. The van der Waals surface area contributed by atoms with Gasteiger partial charge in [-0.1, -0.05) is 13.8 Å². The van der Waals surface area contributed by atoms with Crippen LogP contribution >= 0.6 is 0 Å². The number of nitrogens with one attached hydrogen (secondary N) is 1. The van der Waals surface area contributed by atoms with Gasteiger partial charge in [0.2, 0.25) is 0 Å². The molecule has 1 aromatic heterocycles. The van der Waals surface area contributed by atoms with Crippen LogP contribution in [0.15, 0.2) is 17.3 Å². The van der Waals surface area contributed by atoms with E-state index in [4.69, 9.17) is 0 Å². The molecule has 0 aromatic carbocycles. The van der Waals surface area contributed by atoms with Crippen LogP contribution in [0.5, 0.6) is 0 Å². The van der Waals surface area contributed by atoms with Crippen LogP contribution in [0.1, 0.15) is 26.7 Å². The van der Waals surface area contributed by atoms with Crippen molar-refractivity contribution in [3.63, 3.8) is 0 Å². The fourth-order valence-corrected chi connectivity index (χ4v) is 3.97. The van der Waals surface area contributed by atoms with Crippen molar-refractivity contribution in [3.05, 3.63) is 12.3 Å². The molecule has 1 aromatic rings. The summed E-state index contributed by atoms with van der Waals surface area (Å²) in [5.41, 5.74) is 0. The van der Waals surface area contributed by atoms with Gasteiger partial charge in [0, 0.05) is 12.6 Å². The van der Waals surface area contributed by atoms with E-state index >= 15 is 0 Å². The van der Waals surface area contributed by atoms with Crippen LogP contribution in [0.3, 0.4) is 0 Å². The third-order valence-electron chi connectivity index (χ3n) is 3.08. The molecular weight excluding hydrogens is 226 g/mol. The Balaban J connectivity index is 2.31. The Morgan fingerprint density at radius 3 is 2.88 bits per heavy atom. The van der Waals surface area contributed by atoms with Gasteiger partial charge in [0.1, 0.15) is 0 Å². The second kappa shape index (κ2) is 4.18. The minimum absolute atomic E-state index is 0.119. The summed E-state index contributed by atoms with van der Waals surface area (Å²) in [6, 6.07) is 1.62. The highest BCUT2D eigenvalue weighted by molar-refractivity contribution is 7.89. The highest BCUT2D eigenvalue weighted by atomic mass is 32.2. The quantitative estimate of drug-likeness (QED) is 0.868. The summed E-state index contributed by atoms with van der Waals surface area (Å²) in [7, 11) is -3.37. The highest BCUT2D eigenvalue weighted by Crippen LogP contribution is 2.29. The third kappa shape index (κ3) is 1.87. The summed E-state index contributed by atoms with van der Waals surface area (Å²) in [6.45, 7) is 4.74. The monoisotopic (exact) mass is 243 g/mol. The van der Waals surface area contributed by atoms with Crippen molar-refractivity contribution in [1.29, 1.82) is 0 Å². The molecule has 90 valence electrons. The number of sulfonamides is 1. The molecule has 0 saturated carbocycles. The van der Waals surface area contributed by atoms with Crippen molar-refractivity contribution in [1.82, 2.24) is 14.5 Å². The number of hydrogen-bond donors (Lipinski definition) is 1. The van der Waals surface area contributed by atoms with Gasteiger partial charge < -0.3 is 0 Å². The topological polar surface area (TPSA) is 66.1 Å². The Morgan fingerprint density at radius 2 is 2.31 bits per heavy atom. The summed E-state index contributed by atoms with van der Waals surface area (Å²) in [5.74, 6) is 0.347. The molecule has 16 heavy (non-hydrogen) atoms. The molecule has 0 aliphatic carbocycles. The normalized spacial score (nSPS) is 23.1. The Kier molecular flexibility index (Phi) is 3.03. The van der Waals surface area contributed by atoms with Gasteiger partial charge in [-0.2, -0.15) is 9.40 Å². The second-order valence-electron chi connectivity index (χ2n) is 4.49. The van der Waals surface area contributed by atoms with E-state index in [1.54, 1.807) is 4.31 Å². The molecule has 2 rings (SSSR count). The van der Waals surface area contributed by atoms with Crippen molar-refractivity contribution >= 4 is 10.0 Å². The summed E-state index contributed by atoms with van der Waals surface area (Å²) < 4.78 is 26.1. The molecule has 1 atom stereocenters. The van der Waals surface area contributed by atoms with Crippen LogP contribution in [0, 0.1) is 5.92 Å². The van der Waals surface area contributed by atoms with Crippen LogP contribution in [0.2, 0.25) is 0 Å². The molecule has 0 spiro atoms. The van der Waals surface area contributed by atoms with Crippen LogP contribution in [0.4, 0.5) is 0 Å². The molecule has 1 saturated heterocycles. The summed E-state index contributed by atoms with van der Waals surface area (Å²) in [5, 5.41) is 6.43. The molecule has 0 radical (unpaired) electrons. The molecule has 6 heteroatoms. The van der Waals surface area contributed by atoms with E-state index in [0.717, 1.165) is 12.8 Å². The van der Waals surface area contributed by atoms with E-state index in [9.17, 15) is 8.42 Å². The Morgan fingerprint density at radius 1 is 1.56 bits per heavy atom. The molecule has 1 aliphatic heterocycles. The zero-order valence-corrected chi connectivity index (χ0v) is 10.4. The molecule has 0 amide bonds. The van der Waals surface area contributed by atoms with E-state index in [-0.39, 0.29) is 11.1 Å². The fourth-order valence-electron chi connectivity index (χ4n) is 2.24. The first kappa shape index (κ1) is 11.6. The Bertz CT molecular complexity index is 439. The summed E-state index contributed by atoms with van der Waals surface area (Å²) in [4.78, 5) is 0. The van der Waals surface area contributed by atoms with Gasteiger partial charge in [0.05, 0.1) is 6.20 Å². The first-order valence-electron chi connectivity index (χ1n) is 5.54. The highest BCUT2D eigenvalue weighted by Gasteiger charge is 2.37. The van der Waals surface area contributed by atoms with Gasteiger partial charge in [0.15, 0.2) is 5.03 Å². The summed E-state index contributed by atoms with van der Waals surface area (Å²) >= 11 is 0. The second-order valence-corrected chi connectivity index (χ2v) is 6.35. The zero-order valence-electron chi connectivity index (χ0n) is 9.55. The predicted octanol–water partition coefficient (Wildman–Crippen LogP) is 1.22. The minimum Gasteiger partial charge on any atom is -0.266 e. The van der Waals surface area contributed by atoms with Crippen molar-refractivity contribution in [2.45, 2.75) is 37.8 Å². The molecule has 1 aliphatic rings. The van der Waals surface area contributed by atoms with Gasteiger partial charge in [-0.15, -0.1) is 0 Å². The number of hydrogen-bond acceptors (Lipinski definition) is 3. The van der Waals surface area contributed by atoms with Crippen LogP contribution in [-0.4, -0.2) is 35.5 Å². The van der Waals surface area contributed by atoms with E-state index < -0.39 is 10.0 Å². The molecule has 1 fully saturated rings. The predicted molar refractivity (Wildman–Crippen MR) is 60.3 cm³/mol. The maximum absolute atomic E-state index is 12.3. The van der Waals surface area contributed by atoms with E-state index in [2.05, 4.69) is 24.0 Å². The SMILES string of the molecule is CC(C)C1CCCN1S(=O)(=O)c1ccn[nH]1. The first-order chi connectivity index (χ1) is 7.53. The molecule has 2 heterocycles. The number of rotatable bonds is 3. The van der Waals surface area contributed by atoms with Gasteiger partial charge in [-0.25, -0.2) is 8.42 Å². The smallest absolute Gasteiger partial charge is 0.260 e. The fraction of sp³-hybridized carbons (Fsp3) is 0.700. The van der Waals surface area contributed by atoms with Crippen LogP contribution < -0.4 is 0 Å². The number of nitrogens with zero attached hydrogens (tertiary/aromatic N) is 2. The number of H-pyrrole nitrogens is 1. The lowest BCUT2D eigenvalue weighted by atomic mass is 10.0. The Hall–Kier alpha value is -0.880. The lowest BCUT2D eigenvalue weighted by molar-refractivity contribution is 0.315. The lowest BCUT2D eigenvalue weighted by Crippen LogP contribution is -2.38. The van der Waals surface area contributed by atoms with Gasteiger partial charge >= 0.3 is 0 Å². The minimum atomic E-state index is -3.37. The standard InChI is InChI=1S/C10H17N3O2S/c1-8(2)9-4-3-7-13(9)16(14,15)10-5-6-11-12-10/h5-6,8-9H,3-4,7H2,1-2H3,(H,11,12). The van der Waals surface area contributed by atoms with Crippen molar-refractivity contribution < 1.29 is 8.42 Å². The van der Waals surface area contributed by atoms with Crippen molar-refractivity contribution in [3.8, 4) is 0 Å². The Labute approximate surface area is 95.9 Å². The van der Waals surface area contributed by atoms with Crippen LogP contribution in [0.25, 0.3) is 0 Å². The van der Waals surface area contributed by atoms with Crippen LogP contribution in [-0.2, 0) is 10.0 Å². The molecule has 5 nitrogen and oxygen atoms in total. The molecular formula is C10H17N3O2S. The average molecular weight is 243 g/mol. The molecule has 0 bridgehead atoms. The van der Waals surface area contributed by atoms with E-state index in [1.165, 1.54) is 12.3 Å².